The van der Waals surface area contributed by atoms with Crippen LogP contribution in [0.4, 0.5) is 0 Å². The molecule has 1 heterocycles. The molecule has 1 aliphatic rings. The number of allylic oxidation sites excluding steroid dienone is 1. The van der Waals surface area contributed by atoms with E-state index >= 15 is 0 Å². The highest BCUT2D eigenvalue weighted by Crippen LogP contribution is 2.40. The maximum atomic E-state index is 12.8. The van der Waals surface area contributed by atoms with Crippen LogP contribution < -0.4 is 10.6 Å². The number of ether oxygens (including phenoxy) is 2. The van der Waals surface area contributed by atoms with Gasteiger partial charge in [0.1, 0.15) is 5.60 Å². The van der Waals surface area contributed by atoms with Crippen LogP contribution in [-0.2, 0) is 23.9 Å². The molecular formula is C24H30N2O6. The van der Waals surface area contributed by atoms with E-state index in [1.807, 2.05) is 0 Å². The second kappa shape index (κ2) is 10.3. The third-order valence-electron chi connectivity index (χ3n) is 4.75. The summed E-state index contributed by atoms with van der Waals surface area (Å²) in [6.45, 7) is 7.27. The summed E-state index contributed by atoms with van der Waals surface area (Å²) in [4.78, 5) is 37.2. The van der Waals surface area contributed by atoms with Gasteiger partial charge in [0.15, 0.2) is 0 Å². The van der Waals surface area contributed by atoms with E-state index < -0.39 is 29.4 Å². The standard InChI is InChI=1S/C24H30N2O6/c1-14-19(22(28)29)20(21(23(30)31-6)17(26-14)13-25-5)16-10-8-7-9-15(16)11-12-18(27)32-24(2,3)4/h7-12,20,25-26H,13H2,1-6H3,(H,28,29). The number of carboxylic acid groups (broad SMARTS) is 1. The molecule has 1 aromatic carbocycles. The number of hydrogen-bond donors (Lipinski definition) is 3. The first-order chi connectivity index (χ1) is 15.0. The Kier molecular flexibility index (Phi) is 7.99. The van der Waals surface area contributed by atoms with Gasteiger partial charge in [-0.2, -0.15) is 0 Å². The molecule has 0 saturated heterocycles. The van der Waals surface area contributed by atoms with Crippen LogP contribution in [0.2, 0.25) is 0 Å². The SMILES string of the molecule is CNCC1=C(C(=O)OC)C(c2ccccc2C=CC(=O)OC(C)(C)C)C(C(=O)O)=C(C)N1. The van der Waals surface area contributed by atoms with Gasteiger partial charge in [-0.05, 0) is 51.9 Å². The highest BCUT2D eigenvalue weighted by Gasteiger charge is 2.38. The maximum Gasteiger partial charge on any atom is 0.336 e. The number of methoxy groups -OCH3 is 1. The molecule has 1 aliphatic heterocycles. The quantitative estimate of drug-likeness (QED) is 0.436. The molecule has 8 heteroatoms. The van der Waals surface area contributed by atoms with Crippen LogP contribution >= 0.6 is 0 Å². The van der Waals surface area contributed by atoms with Crippen LogP contribution in [0.3, 0.4) is 0 Å². The van der Waals surface area contributed by atoms with Crippen molar-refractivity contribution in [2.75, 3.05) is 20.7 Å². The van der Waals surface area contributed by atoms with Gasteiger partial charge in [0.05, 0.1) is 24.2 Å². The van der Waals surface area contributed by atoms with E-state index in [4.69, 9.17) is 9.47 Å². The summed E-state index contributed by atoms with van der Waals surface area (Å²) in [6.07, 6.45) is 2.85. The van der Waals surface area contributed by atoms with Crippen molar-refractivity contribution in [3.05, 3.63) is 64.0 Å². The van der Waals surface area contributed by atoms with Gasteiger partial charge in [0.25, 0.3) is 0 Å². The van der Waals surface area contributed by atoms with Gasteiger partial charge in [-0.15, -0.1) is 0 Å². The Hall–Kier alpha value is -3.39. The molecule has 0 aromatic heterocycles. The Labute approximate surface area is 188 Å². The molecule has 172 valence electrons. The molecule has 0 radical (unpaired) electrons. The molecule has 0 amide bonds. The van der Waals surface area contributed by atoms with Gasteiger partial charge >= 0.3 is 17.9 Å². The Balaban J connectivity index is 2.67. The first kappa shape index (κ1) is 24.9. The number of benzene rings is 1. The fraction of sp³-hybridized carbons (Fsp3) is 0.375. The van der Waals surface area contributed by atoms with Crippen LogP contribution in [0.1, 0.15) is 44.7 Å². The van der Waals surface area contributed by atoms with Crippen LogP contribution in [0.15, 0.2) is 52.9 Å². The summed E-state index contributed by atoms with van der Waals surface area (Å²) >= 11 is 0. The Bertz CT molecular complexity index is 998. The summed E-state index contributed by atoms with van der Waals surface area (Å²) in [5.41, 5.74) is 1.67. The van der Waals surface area contributed by atoms with Crippen LogP contribution in [0.25, 0.3) is 6.08 Å². The van der Waals surface area contributed by atoms with Gasteiger partial charge < -0.3 is 25.2 Å². The molecule has 1 aromatic rings. The van der Waals surface area contributed by atoms with Crippen molar-refractivity contribution < 1.29 is 29.0 Å². The second-order valence-electron chi connectivity index (χ2n) is 8.31. The number of carbonyl (C=O) groups is 3. The zero-order valence-electron chi connectivity index (χ0n) is 19.2. The monoisotopic (exact) mass is 442 g/mol. The highest BCUT2D eigenvalue weighted by atomic mass is 16.6. The molecule has 8 nitrogen and oxygen atoms in total. The van der Waals surface area contributed by atoms with Crippen LogP contribution in [0, 0.1) is 0 Å². The predicted molar refractivity (Wildman–Crippen MR) is 121 cm³/mol. The zero-order chi connectivity index (χ0) is 24.1. The predicted octanol–water partition coefficient (Wildman–Crippen LogP) is 2.73. The molecule has 32 heavy (non-hydrogen) atoms. The fourth-order valence-corrected chi connectivity index (χ4v) is 3.58. The average molecular weight is 443 g/mol. The Morgan fingerprint density at radius 2 is 1.84 bits per heavy atom. The van der Waals surface area contributed by atoms with Crippen molar-refractivity contribution in [1.82, 2.24) is 10.6 Å². The number of carbonyl (C=O) groups excluding carboxylic acids is 2. The Morgan fingerprint density at radius 1 is 1.19 bits per heavy atom. The van der Waals surface area contributed by atoms with Crippen LogP contribution in [-0.4, -0.2) is 49.3 Å². The van der Waals surface area contributed by atoms with E-state index in [0.717, 1.165) is 0 Å². The van der Waals surface area contributed by atoms with Crippen molar-refractivity contribution >= 4 is 24.0 Å². The molecule has 2 rings (SSSR count). The minimum absolute atomic E-state index is 0.0309. The number of hydrogen-bond acceptors (Lipinski definition) is 7. The van der Waals surface area contributed by atoms with E-state index in [-0.39, 0.29) is 11.1 Å². The Morgan fingerprint density at radius 3 is 2.41 bits per heavy atom. The largest absolute Gasteiger partial charge is 0.478 e. The molecule has 0 aliphatic carbocycles. The van der Waals surface area contributed by atoms with Gasteiger partial charge in [-0.1, -0.05) is 24.3 Å². The van der Waals surface area contributed by atoms with Gasteiger partial charge in [0.2, 0.25) is 0 Å². The number of esters is 2. The molecule has 0 fully saturated rings. The minimum Gasteiger partial charge on any atom is -0.478 e. The van der Waals surface area contributed by atoms with Gasteiger partial charge in [0, 0.05) is 24.0 Å². The van der Waals surface area contributed by atoms with E-state index in [0.29, 0.717) is 29.1 Å². The number of dihydropyridines is 1. The topological polar surface area (TPSA) is 114 Å². The summed E-state index contributed by atoms with van der Waals surface area (Å²) in [7, 11) is 2.98. The summed E-state index contributed by atoms with van der Waals surface area (Å²) in [5.74, 6) is -3.22. The minimum atomic E-state index is -1.16. The third kappa shape index (κ3) is 5.85. The number of nitrogens with one attached hydrogen (secondary N) is 2. The number of aliphatic carboxylic acids is 1. The molecule has 1 unspecified atom stereocenters. The zero-order valence-corrected chi connectivity index (χ0v) is 19.2. The lowest BCUT2D eigenvalue weighted by Crippen LogP contribution is -2.36. The summed E-state index contributed by atoms with van der Waals surface area (Å²) in [5, 5.41) is 16.0. The molecular weight excluding hydrogens is 412 g/mol. The summed E-state index contributed by atoms with van der Waals surface area (Å²) in [6, 6.07) is 7.01. The molecule has 1 atom stereocenters. The van der Waals surface area contributed by atoms with Crippen molar-refractivity contribution in [2.24, 2.45) is 0 Å². The highest BCUT2D eigenvalue weighted by molar-refractivity contribution is 5.99. The van der Waals surface area contributed by atoms with Crippen molar-refractivity contribution in [2.45, 2.75) is 39.2 Å². The third-order valence-corrected chi connectivity index (χ3v) is 4.75. The first-order valence-electron chi connectivity index (χ1n) is 10.2. The normalized spacial score (nSPS) is 16.8. The van der Waals surface area contributed by atoms with Crippen LogP contribution in [0.5, 0.6) is 0 Å². The van der Waals surface area contributed by atoms with E-state index in [2.05, 4.69) is 10.6 Å². The van der Waals surface area contributed by atoms with E-state index in [9.17, 15) is 19.5 Å². The molecule has 0 saturated carbocycles. The van der Waals surface area contributed by atoms with Crippen molar-refractivity contribution in [1.29, 1.82) is 0 Å². The number of rotatable bonds is 7. The number of carboxylic acids is 1. The van der Waals surface area contributed by atoms with Gasteiger partial charge in [-0.25, -0.2) is 14.4 Å². The maximum absolute atomic E-state index is 12.8. The lowest BCUT2D eigenvalue weighted by Gasteiger charge is -2.31. The van der Waals surface area contributed by atoms with Crippen molar-refractivity contribution in [3.8, 4) is 0 Å². The first-order valence-corrected chi connectivity index (χ1v) is 10.2. The van der Waals surface area contributed by atoms with Gasteiger partial charge in [-0.3, -0.25) is 0 Å². The second-order valence-corrected chi connectivity index (χ2v) is 8.31. The molecule has 0 bridgehead atoms. The fourth-order valence-electron chi connectivity index (χ4n) is 3.58. The smallest absolute Gasteiger partial charge is 0.336 e. The van der Waals surface area contributed by atoms with E-state index in [1.165, 1.54) is 13.2 Å². The molecule has 0 spiro atoms. The lowest BCUT2D eigenvalue weighted by molar-refractivity contribution is -0.148. The number of likely N-dealkylation sites (N-methyl/N-ethyl adjacent to an activating group) is 1. The molecule has 3 N–H and O–H groups in total. The lowest BCUT2D eigenvalue weighted by atomic mass is 9.78. The average Bonchev–Trinajstić information content (AvgIpc) is 2.70. The summed E-state index contributed by atoms with van der Waals surface area (Å²) < 4.78 is 10.3. The van der Waals surface area contributed by atoms with Crippen molar-refractivity contribution in [3.63, 3.8) is 0 Å². The van der Waals surface area contributed by atoms with E-state index in [1.54, 1.807) is 65.1 Å².